The Hall–Kier alpha value is -3.85. The van der Waals surface area contributed by atoms with E-state index in [9.17, 15) is 0 Å². The van der Waals surface area contributed by atoms with Gasteiger partial charge in [0.25, 0.3) is 0 Å². The Morgan fingerprint density at radius 3 is 2.09 bits per heavy atom. The molecule has 1 aromatic heterocycles. The van der Waals surface area contributed by atoms with Crippen LogP contribution in [0.25, 0.3) is 11.3 Å². The number of hydrogen-bond donors (Lipinski definition) is 0. The molecule has 3 atom stereocenters. The van der Waals surface area contributed by atoms with Gasteiger partial charge < -0.3 is 9.80 Å². The number of hydrogen-bond acceptors (Lipinski definition) is 3. The fourth-order valence-corrected chi connectivity index (χ4v) is 6.18. The van der Waals surface area contributed by atoms with Crippen LogP contribution in [0.2, 0.25) is 0 Å². The molecule has 0 N–H and O–H groups in total. The molecule has 0 saturated heterocycles. The van der Waals surface area contributed by atoms with Crippen molar-refractivity contribution in [3.05, 3.63) is 114 Å². The third-order valence-corrected chi connectivity index (χ3v) is 7.83. The molecule has 3 unspecified atom stereocenters. The van der Waals surface area contributed by atoms with Crippen molar-refractivity contribution in [1.29, 1.82) is 0 Å². The maximum Gasteiger partial charge on any atom is 0.159 e. The lowest BCUT2D eigenvalue weighted by Gasteiger charge is -2.45. The summed E-state index contributed by atoms with van der Waals surface area (Å²) < 4.78 is 0. The van der Waals surface area contributed by atoms with Gasteiger partial charge in [0, 0.05) is 28.8 Å². The maximum atomic E-state index is 5.38. The fourth-order valence-electron chi connectivity index (χ4n) is 6.18. The molecule has 35 heavy (non-hydrogen) atoms. The van der Waals surface area contributed by atoms with E-state index in [0.29, 0.717) is 5.92 Å². The van der Waals surface area contributed by atoms with Crippen LogP contribution in [0.15, 0.2) is 91.5 Å². The molecule has 0 spiro atoms. The van der Waals surface area contributed by atoms with Crippen molar-refractivity contribution in [2.24, 2.45) is 5.92 Å². The Kier molecular flexibility index (Phi) is 5.03. The topological polar surface area (TPSA) is 19.4 Å². The van der Waals surface area contributed by atoms with Gasteiger partial charge in [0.1, 0.15) is 6.17 Å². The molecule has 0 aliphatic carbocycles. The van der Waals surface area contributed by atoms with Crippen LogP contribution >= 0.6 is 0 Å². The first-order valence-electron chi connectivity index (χ1n) is 12.4. The quantitative estimate of drug-likeness (QED) is 0.289. The van der Waals surface area contributed by atoms with Crippen molar-refractivity contribution in [2.75, 3.05) is 9.80 Å². The van der Waals surface area contributed by atoms with E-state index in [-0.39, 0.29) is 12.1 Å². The van der Waals surface area contributed by atoms with Crippen molar-refractivity contribution >= 4 is 22.9 Å². The molecule has 3 heteroatoms. The number of fused-ring (bicyclic) bond motifs is 5. The van der Waals surface area contributed by atoms with E-state index >= 15 is 0 Å². The molecule has 4 aromatic rings. The lowest BCUT2D eigenvalue weighted by atomic mass is 9.80. The molecule has 0 fully saturated rings. The van der Waals surface area contributed by atoms with Gasteiger partial charge in [-0.15, -0.1) is 6.58 Å². The first kappa shape index (κ1) is 21.7. The zero-order valence-corrected chi connectivity index (χ0v) is 20.9. The van der Waals surface area contributed by atoms with Crippen molar-refractivity contribution in [2.45, 2.75) is 39.8 Å². The molecule has 3 nitrogen and oxygen atoms in total. The largest absolute Gasteiger partial charge is 0.316 e. The second kappa shape index (κ2) is 8.13. The molecule has 0 saturated carbocycles. The zero-order valence-electron chi connectivity index (χ0n) is 20.9. The van der Waals surface area contributed by atoms with Crippen LogP contribution in [-0.2, 0) is 0 Å². The lowest BCUT2D eigenvalue weighted by Crippen LogP contribution is -2.48. The number of para-hydroxylation sites is 2. The highest BCUT2D eigenvalue weighted by Crippen LogP contribution is 2.56. The minimum absolute atomic E-state index is 0.115. The number of aromatic nitrogens is 1. The fraction of sp³-hybridized carbons (Fsp3) is 0.219. The summed E-state index contributed by atoms with van der Waals surface area (Å²) in [5.41, 5.74) is 11.0. The van der Waals surface area contributed by atoms with E-state index in [1.165, 1.54) is 39.2 Å². The number of pyridine rings is 1. The average Bonchev–Trinajstić information content (AvgIpc) is 3.20. The first-order valence-corrected chi connectivity index (χ1v) is 12.4. The maximum absolute atomic E-state index is 5.38. The Morgan fingerprint density at radius 2 is 1.37 bits per heavy atom. The number of nitrogens with zero attached hydrogens (tertiary/aromatic N) is 3. The summed E-state index contributed by atoms with van der Waals surface area (Å²) in [7, 11) is 0. The predicted octanol–water partition coefficient (Wildman–Crippen LogP) is 8.21. The van der Waals surface area contributed by atoms with Gasteiger partial charge in [0.2, 0.25) is 0 Å². The van der Waals surface area contributed by atoms with Crippen molar-refractivity contribution in [3.8, 4) is 11.3 Å². The highest BCUT2D eigenvalue weighted by atomic mass is 15.5. The summed E-state index contributed by atoms with van der Waals surface area (Å²) >= 11 is 0. The molecular weight excluding hydrogens is 426 g/mol. The van der Waals surface area contributed by atoms with E-state index in [0.717, 1.165) is 17.2 Å². The van der Waals surface area contributed by atoms with Crippen LogP contribution in [0.1, 0.15) is 35.1 Å². The molecule has 0 radical (unpaired) electrons. The summed E-state index contributed by atoms with van der Waals surface area (Å²) in [6, 6.07) is 28.4. The second-order valence-electron chi connectivity index (χ2n) is 9.93. The van der Waals surface area contributed by atoms with Crippen molar-refractivity contribution in [1.82, 2.24) is 4.98 Å². The van der Waals surface area contributed by atoms with Crippen LogP contribution in [0.5, 0.6) is 0 Å². The van der Waals surface area contributed by atoms with Crippen LogP contribution < -0.4 is 9.80 Å². The molecule has 3 heterocycles. The summed E-state index contributed by atoms with van der Waals surface area (Å²) in [5.74, 6) is 1.62. The minimum Gasteiger partial charge on any atom is -0.316 e. The van der Waals surface area contributed by atoms with E-state index in [1.54, 1.807) is 0 Å². The number of benzene rings is 3. The number of aryl methyl sites for hydroxylation is 3. The van der Waals surface area contributed by atoms with Gasteiger partial charge in [0.05, 0.1) is 11.4 Å². The van der Waals surface area contributed by atoms with Gasteiger partial charge in [-0.25, -0.2) is 4.98 Å². The molecule has 6 rings (SSSR count). The van der Waals surface area contributed by atoms with Gasteiger partial charge in [0.15, 0.2) is 5.82 Å². The van der Waals surface area contributed by atoms with Gasteiger partial charge in [-0.3, -0.25) is 0 Å². The molecular formula is C32H31N3. The molecule has 174 valence electrons. The summed E-state index contributed by atoms with van der Waals surface area (Å²) in [6.45, 7) is 13.1. The molecule has 3 aromatic carbocycles. The van der Waals surface area contributed by atoms with E-state index in [1.807, 2.05) is 0 Å². The van der Waals surface area contributed by atoms with E-state index < -0.39 is 0 Å². The highest BCUT2D eigenvalue weighted by molar-refractivity contribution is 5.90. The predicted molar refractivity (Wildman–Crippen MR) is 147 cm³/mol. The second-order valence-corrected chi connectivity index (χ2v) is 9.93. The Labute approximate surface area is 208 Å². The number of allylic oxidation sites excluding steroid dienone is 1. The highest BCUT2D eigenvalue weighted by Gasteiger charge is 2.48. The third-order valence-electron chi connectivity index (χ3n) is 7.83. The van der Waals surface area contributed by atoms with Crippen LogP contribution in [-0.4, -0.2) is 11.1 Å². The molecule has 2 aliphatic heterocycles. The Balaban J connectivity index is 1.64. The van der Waals surface area contributed by atoms with Gasteiger partial charge in [-0.1, -0.05) is 67.6 Å². The van der Waals surface area contributed by atoms with E-state index in [2.05, 4.69) is 129 Å². The Morgan fingerprint density at radius 1 is 0.714 bits per heavy atom. The normalized spacial score (nSPS) is 20.3. The van der Waals surface area contributed by atoms with Crippen LogP contribution in [0, 0.1) is 26.7 Å². The minimum atomic E-state index is 0.115. The van der Waals surface area contributed by atoms with Gasteiger partial charge in [-0.2, -0.15) is 0 Å². The summed E-state index contributed by atoms with van der Waals surface area (Å²) in [6.07, 6.45) is 2.24. The molecule has 0 amide bonds. The van der Waals surface area contributed by atoms with Gasteiger partial charge in [-0.05, 0) is 67.3 Å². The average molecular weight is 458 g/mol. The monoisotopic (exact) mass is 457 g/mol. The van der Waals surface area contributed by atoms with Crippen molar-refractivity contribution < 1.29 is 0 Å². The smallest absolute Gasteiger partial charge is 0.159 e. The summed E-state index contributed by atoms with van der Waals surface area (Å²) in [4.78, 5) is 10.4. The van der Waals surface area contributed by atoms with Crippen LogP contribution in [0.3, 0.4) is 0 Å². The summed E-state index contributed by atoms with van der Waals surface area (Å²) in [5, 5.41) is 0. The third kappa shape index (κ3) is 3.15. The number of rotatable bonds is 3. The van der Waals surface area contributed by atoms with Crippen LogP contribution in [0.4, 0.5) is 22.9 Å². The number of anilines is 4. The zero-order chi connectivity index (χ0) is 24.3. The first-order chi connectivity index (χ1) is 17.0. The molecule has 2 aliphatic rings. The Bertz CT molecular complexity index is 1430. The van der Waals surface area contributed by atoms with E-state index in [4.69, 9.17) is 4.98 Å². The molecule has 0 bridgehead atoms. The standard InChI is InChI=1S/C32H31N3/c1-6-24-23(5)32-34(27-16-9-7-12-20(27)2)29-19-18-26(30-21(3)13-11-14-22(30)4)33-31(29)35(32)28-17-10-8-15-25(24)28/h6-19,23-24,32H,1H2,2-5H3. The van der Waals surface area contributed by atoms with Crippen molar-refractivity contribution in [3.63, 3.8) is 0 Å². The lowest BCUT2D eigenvalue weighted by molar-refractivity contribution is 0.409. The SMILES string of the molecule is C=CC1c2ccccc2N2c3nc(-c4c(C)cccc4C)ccc3N(c3ccccc3C)C2C1C. The van der Waals surface area contributed by atoms with Gasteiger partial charge >= 0.3 is 0 Å².